The fourth-order valence-corrected chi connectivity index (χ4v) is 4.71. The summed E-state index contributed by atoms with van der Waals surface area (Å²) in [6.45, 7) is 2.55. The molecule has 38 heavy (non-hydrogen) atoms. The Morgan fingerprint density at radius 3 is 2.39 bits per heavy atom. The fraction of sp³-hybridized carbons (Fsp3) is 0.240. The fourth-order valence-electron chi connectivity index (χ4n) is 3.40. The maximum atomic E-state index is 12.9. The van der Waals surface area contributed by atoms with E-state index >= 15 is 0 Å². The Labute approximate surface area is 227 Å². The normalized spacial score (nSPS) is 10.6. The van der Waals surface area contributed by atoms with Gasteiger partial charge in [-0.3, -0.25) is 14.2 Å². The second-order valence-electron chi connectivity index (χ2n) is 7.62. The molecule has 0 aliphatic heterocycles. The van der Waals surface area contributed by atoms with Crippen molar-refractivity contribution in [1.82, 2.24) is 25.1 Å². The van der Waals surface area contributed by atoms with Crippen LogP contribution in [-0.2, 0) is 11.3 Å². The molecule has 2 amide bonds. The summed E-state index contributed by atoms with van der Waals surface area (Å²) in [5.41, 5.74) is 1.13. The summed E-state index contributed by atoms with van der Waals surface area (Å²) in [5, 5.41) is 17.0. The van der Waals surface area contributed by atoms with Gasteiger partial charge in [-0.15, -0.1) is 21.5 Å². The van der Waals surface area contributed by atoms with E-state index < -0.39 is 0 Å². The highest BCUT2D eigenvalue weighted by atomic mass is 32.2. The van der Waals surface area contributed by atoms with Gasteiger partial charge in [0.1, 0.15) is 17.2 Å². The second-order valence-corrected chi connectivity index (χ2v) is 9.46. The molecule has 0 saturated carbocycles. The Morgan fingerprint density at radius 2 is 1.76 bits per heavy atom. The minimum Gasteiger partial charge on any atom is -0.497 e. The van der Waals surface area contributed by atoms with Crippen LogP contribution >= 0.6 is 23.1 Å². The zero-order valence-electron chi connectivity index (χ0n) is 21.0. The molecule has 0 unspecified atom stereocenters. The van der Waals surface area contributed by atoms with E-state index in [2.05, 4.69) is 25.8 Å². The van der Waals surface area contributed by atoms with Gasteiger partial charge in [-0.2, -0.15) is 0 Å². The number of thioether (sulfide) groups is 1. The van der Waals surface area contributed by atoms with Crippen LogP contribution in [0, 0.1) is 0 Å². The lowest BCUT2D eigenvalue weighted by molar-refractivity contribution is -0.113. The summed E-state index contributed by atoms with van der Waals surface area (Å²) in [7, 11) is 3.04. The molecular formula is C25H26N6O5S2. The largest absolute Gasteiger partial charge is 0.497 e. The van der Waals surface area contributed by atoms with Gasteiger partial charge in [-0.05, 0) is 43.3 Å². The molecular weight excluding hydrogens is 528 g/mol. The highest BCUT2D eigenvalue weighted by molar-refractivity contribution is 7.99. The summed E-state index contributed by atoms with van der Waals surface area (Å²) in [6, 6.07) is 12.3. The molecule has 2 heterocycles. The summed E-state index contributed by atoms with van der Waals surface area (Å²) in [4.78, 5) is 29.4. The van der Waals surface area contributed by atoms with Crippen molar-refractivity contribution in [2.24, 2.45) is 0 Å². The van der Waals surface area contributed by atoms with E-state index in [0.29, 0.717) is 39.8 Å². The predicted octanol–water partition coefficient (Wildman–Crippen LogP) is 3.80. The van der Waals surface area contributed by atoms with Crippen molar-refractivity contribution < 1.29 is 23.8 Å². The molecule has 0 aliphatic rings. The highest BCUT2D eigenvalue weighted by Crippen LogP contribution is 2.25. The van der Waals surface area contributed by atoms with Gasteiger partial charge in [0.05, 0.1) is 33.1 Å². The number of rotatable bonds is 12. The van der Waals surface area contributed by atoms with Gasteiger partial charge in [-0.1, -0.05) is 11.8 Å². The molecule has 4 rings (SSSR count). The molecule has 0 spiro atoms. The lowest BCUT2D eigenvalue weighted by atomic mass is 10.2. The SMILES string of the molecule is CCOc1ccc(-n2c(CNC(=O)c3cc(OC)cc(OC)c3)nnc2SCC(=O)Nc2nccs2)cc1. The lowest BCUT2D eigenvalue weighted by Gasteiger charge is -2.12. The first-order valence-electron chi connectivity index (χ1n) is 11.5. The van der Waals surface area contributed by atoms with Gasteiger partial charge in [0.2, 0.25) is 5.91 Å². The Balaban J connectivity index is 1.54. The van der Waals surface area contributed by atoms with Crippen molar-refractivity contribution in [3.63, 3.8) is 0 Å². The third-order valence-electron chi connectivity index (χ3n) is 5.14. The molecule has 11 nitrogen and oxygen atoms in total. The molecule has 0 fully saturated rings. The number of benzene rings is 2. The van der Waals surface area contributed by atoms with Gasteiger partial charge in [0.15, 0.2) is 16.1 Å². The number of carbonyl (C=O) groups is 2. The maximum Gasteiger partial charge on any atom is 0.251 e. The van der Waals surface area contributed by atoms with Crippen LogP contribution in [0.25, 0.3) is 5.69 Å². The van der Waals surface area contributed by atoms with E-state index in [-0.39, 0.29) is 24.1 Å². The summed E-state index contributed by atoms with van der Waals surface area (Å²) in [6.07, 6.45) is 1.62. The van der Waals surface area contributed by atoms with Crippen LogP contribution in [0.5, 0.6) is 17.2 Å². The van der Waals surface area contributed by atoms with Crippen molar-refractivity contribution >= 4 is 40.0 Å². The van der Waals surface area contributed by atoms with Gasteiger partial charge >= 0.3 is 0 Å². The van der Waals surface area contributed by atoms with Crippen LogP contribution in [0.15, 0.2) is 59.2 Å². The Bertz CT molecular complexity index is 1350. The monoisotopic (exact) mass is 554 g/mol. The number of thiazole rings is 1. The van der Waals surface area contributed by atoms with Crippen LogP contribution in [-0.4, -0.2) is 58.1 Å². The topological polar surface area (TPSA) is 129 Å². The molecule has 4 aromatic rings. The van der Waals surface area contributed by atoms with E-state index in [1.807, 2.05) is 31.2 Å². The number of aromatic nitrogens is 4. The van der Waals surface area contributed by atoms with Crippen molar-refractivity contribution in [3.05, 3.63) is 65.4 Å². The third kappa shape index (κ3) is 6.81. The number of anilines is 1. The minimum absolute atomic E-state index is 0.0877. The minimum atomic E-state index is -0.333. The average molecular weight is 555 g/mol. The highest BCUT2D eigenvalue weighted by Gasteiger charge is 2.18. The van der Waals surface area contributed by atoms with Crippen LogP contribution in [0.4, 0.5) is 5.13 Å². The van der Waals surface area contributed by atoms with E-state index in [4.69, 9.17) is 14.2 Å². The van der Waals surface area contributed by atoms with Crippen LogP contribution in [0.3, 0.4) is 0 Å². The molecule has 13 heteroatoms. The van der Waals surface area contributed by atoms with Gasteiger partial charge in [-0.25, -0.2) is 4.98 Å². The first kappa shape index (κ1) is 26.9. The van der Waals surface area contributed by atoms with E-state index in [1.54, 1.807) is 34.3 Å². The number of ether oxygens (including phenoxy) is 3. The van der Waals surface area contributed by atoms with E-state index in [1.165, 1.54) is 37.3 Å². The van der Waals surface area contributed by atoms with Gasteiger partial charge < -0.3 is 24.8 Å². The molecule has 198 valence electrons. The molecule has 0 bridgehead atoms. The number of nitrogens with one attached hydrogen (secondary N) is 2. The van der Waals surface area contributed by atoms with Crippen molar-refractivity contribution in [2.75, 3.05) is 31.9 Å². The van der Waals surface area contributed by atoms with Crippen LogP contribution < -0.4 is 24.8 Å². The Kier molecular flexibility index (Phi) is 9.16. The Hall–Kier alpha value is -4.10. The third-order valence-corrected chi connectivity index (χ3v) is 6.76. The zero-order chi connectivity index (χ0) is 26.9. The summed E-state index contributed by atoms with van der Waals surface area (Å²) in [5.74, 6) is 1.77. The molecule has 0 saturated heterocycles. The quantitative estimate of drug-likeness (QED) is 0.251. The Morgan fingerprint density at radius 1 is 1.03 bits per heavy atom. The standard InChI is InChI=1S/C25H26N6O5S2/c1-4-36-18-7-5-17(6-8-18)31-21(14-27-23(33)16-11-19(34-2)13-20(12-16)35-3)29-30-25(31)38-15-22(32)28-24-26-9-10-37-24/h5-13H,4,14-15H2,1-3H3,(H,27,33)(H,26,28,32). The van der Waals surface area contributed by atoms with E-state index in [0.717, 1.165) is 11.4 Å². The number of methoxy groups -OCH3 is 2. The molecule has 2 N–H and O–H groups in total. The van der Waals surface area contributed by atoms with Crippen LogP contribution in [0.2, 0.25) is 0 Å². The summed E-state index contributed by atoms with van der Waals surface area (Å²) >= 11 is 2.57. The molecule has 0 atom stereocenters. The van der Waals surface area contributed by atoms with E-state index in [9.17, 15) is 9.59 Å². The predicted molar refractivity (Wildman–Crippen MR) is 145 cm³/mol. The molecule has 0 radical (unpaired) electrons. The van der Waals surface area contributed by atoms with Crippen molar-refractivity contribution in [1.29, 1.82) is 0 Å². The molecule has 2 aromatic carbocycles. The second kappa shape index (κ2) is 12.9. The van der Waals surface area contributed by atoms with Gasteiger partial charge in [0.25, 0.3) is 5.91 Å². The van der Waals surface area contributed by atoms with Crippen molar-refractivity contribution in [2.45, 2.75) is 18.6 Å². The molecule has 2 aromatic heterocycles. The average Bonchev–Trinajstić information content (AvgIpc) is 3.60. The zero-order valence-corrected chi connectivity index (χ0v) is 22.6. The van der Waals surface area contributed by atoms with Crippen LogP contribution in [0.1, 0.15) is 23.1 Å². The van der Waals surface area contributed by atoms with Crippen molar-refractivity contribution in [3.8, 4) is 22.9 Å². The number of nitrogens with zero attached hydrogens (tertiary/aromatic N) is 4. The number of carbonyl (C=O) groups excluding carboxylic acids is 2. The number of hydrogen-bond acceptors (Lipinski definition) is 10. The number of amides is 2. The smallest absolute Gasteiger partial charge is 0.251 e. The number of hydrogen-bond donors (Lipinski definition) is 2. The van der Waals surface area contributed by atoms with Gasteiger partial charge in [0, 0.05) is 28.9 Å². The maximum absolute atomic E-state index is 12.9. The summed E-state index contributed by atoms with van der Waals surface area (Å²) < 4.78 is 17.9. The first-order chi connectivity index (χ1) is 18.5. The molecule has 0 aliphatic carbocycles. The lowest BCUT2D eigenvalue weighted by Crippen LogP contribution is -2.24. The first-order valence-corrected chi connectivity index (χ1v) is 13.4.